The van der Waals surface area contributed by atoms with Crippen LogP contribution in [0.25, 0.3) is 0 Å². The van der Waals surface area contributed by atoms with Gasteiger partial charge in [0, 0.05) is 5.56 Å². The molecule has 1 aromatic carbocycles. The van der Waals surface area contributed by atoms with Gasteiger partial charge in [-0.05, 0) is 23.6 Å². The maximum absolute atomic E-state index is 13.0. The monoisotopic (exact) mass is 253 g/mol. The van der Waals surface area contributed by atoms with Crippen LogP contribution in [0.2, 0.25) is 0 Å². The summed E-state index contributed by atoms with van der Waals surface area (Å²) in [6.45, 7) is 5.12. The highest BCUT2D eigenvalue weighted by molar-refractivity contribution is 5.96. The Morgan fingerprint density at radius 2 is 1.94 bits per heavy atom. The lowest BCUT2D eigenvalue weighted by Crippen LogP contribution is -2.49. The number of carboxylic acids is 1. The molecule has 0 unspecified atom stereocenters. The highest BCUT2D eigenvalue weighted by Gasteiger charge is 2.32. The van der Waals surface area contributed by atoms with E-state index < -0.39 is 29.2 Å². The second kappa shape index (κ2) is 5.16. The molecule has 0 saturated heterocycles. The number of benzene rings is 1. The number of carboxylic acid groups (broad SMARTS) is 1. The Labute approximate surface area is 105 Å². The molecule has 0 bridgehead atoms. The molecule has 0 heterocycles. The van der Waals surface area contributed by atoms with Crippen LogP contribution in [0, 0.1) is 11.2 Å². The van der Waals surface area contributed by atoms with E-state index in [9.17, 15) is 14.0 Å². The average molecular weight is 253 g/mol. The van der Waals surface area contributed by atoms with Crippen molar-refractivity contribution in [3.63, 3.8) is 0 Å². The van der Waals surface area contributed by atoms with Gasteiger partial charge < -0.3 is 10.4 Å². The van der Waals surface area contributed by atoms with Gasteiger partial charge >= 0.3 is 5.97 Å². The smallest absolute Gasteiger partial charge is 0.326 e. The Morgan fingerprint density at radius 3 is 2.39 bits per heavy atom. The topological polar surface area (TPSA) is 66.4 Å². The van der Waals surface area contributed by atoms with E-state index in [0.29, 0.717) is 0 Å². The van der Waals surface area contributed by atoms with Gasteiger partial charge in [0.1, 0.15) is 11.9 Å². The molecule has 18 heavy (non-hydrogen) atoms. The minimum absolute atomic E-state index is 0.102. The minimum atomic E-state index is -1.12. The van der Waals surface area contributed by atoms with Crippen molar-refractivity contribution < 1.29 is 19.1 Å². The lowest BCUT2D eigenvalue weighted by Gasteiger charge is -2.27. The lowest BCUT2D eigenvalue weighted by molar-refractivity contribution is -0.142. The first-order chi connectivity index (χ1) is 8.21. The Hall–Kier alpha value is -1.91. The molecule has 0 aliphatic heterocycles. The van der Waals surface area contributed by atoms with Gasteiger partial charge in [-0.3, -0.25) is 4.79 Å². The van der Waals surface area contributed by atoms with E-state index in [0.717, 1.165) is 6.07 Å². The maximum atomic E-state index is 13.0. The molecule has 0 saturated carbocycles. The average Bonchev–Trinajstić information content (AvgIpc) is 2.23. The summed E-state index contributed by atoms with van der Waals surface area (Å²) in [5.41, 5.74) is -0.528. The lowest BCUT2D eigenvalue weighted by atomic mass is 9.86. The Bertz CT molecular complexity index is 466. The summed E-state index contributed by atoms with van der Waals surface area (Å²) in [4.78, 5) is 22.9. The standard InChI is InChI=1S/C13H16FNO3/c1-13(2,3)10(12(17)18)15-11(16)8-5-4-6-9(14)7-8/h4-7,10H,1-3H3,(H,15,16)(H,17,18)/t10-/m0/s1. The van der Waals surface area contributed by atoms with E-state index in [4.69, 9.17) is 5.11 Å². The van der Waals surface area contributed by atoms with Crippen LogP contribution in [0.5, 0.6) is 0 Å². The van der Waals surface area contributed by atoms with Crippen LogP contribution in [-0.2, 0) is 4.79 Å². The summed E-state index contributed by atoms with van der Waals surface area (Å²) >= 11 is 0. The first-order valence-electron chi connectivity index (χ1n) is 5.51. The van der Waals surface area contributed by atoms with Crippen LogP contribution in [0.1, 0.15) is 31.1 Å². The molecule has 0 radical (unpaired) electrons. The van der Waals surface area contributed by atoms with E-state index in [-0.39, 0.29) is 5.56 Å². The molecular formula is C13H16FNO3. The van der Waals surface area contributed by atoms with Gasteiger partial charge in [-0.25, -0.2) is 9.18 Å². The van der Waals surface area contributed by atoms with Crippen LogP contribution in [0.15, 0.2) is 24.3 Å². The quantitative estimate of drug-likeness (QED) is 0.866. The van der Waals surface area contributed by atoms with Crippen LogP contribution in [0.3, 0.4) is 0 Å². The summed E-state index contributed by atoms with van der Waals surface area (Å²) in [6, 6.07) is 4.08. The molecule has 1 atom stereocenters. The number of hydrogen-bond donors (Lipinski definition) is 2. The number of halogens is 1. The van der Waals surface area contributed by atoms with Gasteiger partial charge in [0.05, 0.1) is 0 Å². The van der Waals surface area contributed by atoms with E-state index in [2.05, 4.69) is 5.32 Å². The zero-order valence-corrected chi connectivity index (χ0v) is 10.5. The predicted molar refractivity (Wildman–Crippen MR) is 64.7 cm³/mol. The molecular weight excluding hydrogens is 237 g/mol. The fraction of sp³-hybridized carbons (Fsp3) is 0.385. The van der Waals surface area contributed by atoms with Crippen LogP contribution in [-0.4, -0.2) is 23.0 Å². The van der Waals surface area contributed by atoms with Crippen LogP contribution < -0.4 is 5.32 Å². The van der Waals surface area contributed by atoms with E-state index >= 15 is 0 Å². The summed E-state index contributed by atoms with van der Waals surface area (Å²) in [5.74, 6) is -2.26. The highest BCUT2D eigenvalue weighted by Crippen LogP contribution is 2.20. The van der Waals surface area contributed by atoms with Gasteiger partial charge in [-0.2, -0.15) is 0 Å². The minimum Gasteiger partial charge on any atom is -0.480 e. The molecule has 0 spiro atoms. The van der Waals surface area contributed by atoms with Crippen molar-refractivity contribution in [1.82, 2.24) is 5.32 Å². The molecule has 4 nitrogen and oxygen atoms in total. The fourth-order valence-corrected chi connectivity index (χ4v) is 1.49. The SMILES string of the molecule is CC(C)(C)[C@@H](NC(=O)c1cccc(F)c1)C(=O)O. The van der Waals surface area contributed by atoms with Crippen molar-refractivity contribution in [3.05, 3.63) is 35.6 Å². The number of rotatable bonds is 3. The van der Waals surface area contributed by atoms with Crippen molar-refractivity contribution in [2.45, 2.75) is 26.8 Å². The van der Waals surface area contributed by atoms with Crippen LogP contribution in [0.4, 0.5) is 4.39 Å². The van der Waals surface area contributed by atoms with E-state index in [1.54, 1.807) is 20.8 Å². The van der Waals surface area contributed by atoms with Gasteiger partial charge in [-0.15, -0.1) is 0 Å². The Kier molecular flexibility index (Phi) is 4.06. The Balaban J connectivity index is 2.89. The second-order valence-corrected chi connectivity index (χ2v) is 5.12. The third-order valence-electron chi connectivity index (χ3n) is 2.48. The molecule has 1 amide bonds. The van der Waals surface area contributed by atoms with E-state index in [1.807, 2.05) is 0 Å². The molecule has 1 rings (SSSR count). The number of carbonyl (C=O) groups is 2. The third-order valence-corrected chi connectivity index (χ3v) is 2.48. The molecule has 2 N–H and O–H groups in total. The van der Waals surface area contributed by atoms with Crippen LogP contribution >= 0.6 is 0 Å². The zero-order valence-electron chi connectivity index (χ0n) is 10.5. The van der Waals surface area contributed by atoms with Crippen molar-refractivity contribution in [1.29, 1.82) is 0 Å². The van der Waals surface area contributed by atoms with E-state index in [1.165, 1.54) is 18.2 Å². The molecule has 1 aromatic rings. The van der Waals surface area contributed by atoms with Gasteiger partial charge in [0.25, 0.3) is 5.91 Å². The van der Waals surface area contributed by atoms with Gasteiger partial charge in [0.15, 0.2) is 0 Å². The number of aliphatic carboxylic acids is 1. The maximum Gasteiger partial charge on any atom is 0.326 e. The second-order valence-electron chi connectivity index (χ2n) is 5.12. The third kappa shape index (κ3) is 3.55. The normalized spacial score (nSPS) is 12.9. The first-order valence-corrected chi connectivity index (χ1v) is 5.51. The molecule has 0 aliphatic carbocycles. The van der Waals surface area contributed by atoms with Gasteiger partial charge in [-0.1, -0.05) is 26.8 Å². The number of hydrogen-bond acceptors (Lipinski definition) is 2. The number of carbonyl (C=O) groups excluding carboxylic acids is 1. The molecule has 0 fully saturated rings. The molecule has 0 aromatic heterocycles. The number of nitrogens with one attached hydrogen (secondary N) is 1. The van der Waals surface area contributed by atoms with Crippen molar-refractivity contribution in [3.8, 4) is 0 Å². The molecule has 98 valence electrons. The summed E-state index contributed by atoms with van der Waals surface area (Å²) in [5, 5.41) is 11.5. The largest absolute Gasteiger partial charge is 0.480 e. The summed E-state index contributed by atoms with van der Waals surface area (Å²) in [7, 11) is 0. The Morgan fingerprint density at radius 1 is 1.33 bits per heavy atom. The van der Waals surface area contributed by atoms with Gasteiger partial charge in [0.2, 0.25) is 0 Å². The zero-order chi connectivity index (χ0) is 13.9. The van der Waals surface area contributed by atoms with Crippen molar-refractivity contribution in [2.75, 3.05) is 0 Å². The molecule has 5 heteroatoms. The summed E-state index contributed by atoms with van der Waals surface area (Å²) < 4.78 is 13.0. The first kappa shape index (κ1) is 14.2. The van der Waals surface area contributed by atoms with Crippen molar-refractivity contribution >= 4 is 11.9 Å². The fourth-order valence-electron chi connectivity index (χ4n) is 1.49. The number of amides is 1. The predicted octanol–water partition coefficient (Wildman–Crippen LogP) is 2.05. The molecule has 0 aliphatic rings. The van der Waals surface area contributed by atoms with Crippen molar-refractivity contribution in [2.24, 2.45) is 5.41 Å². The highest BCUT2D eigenvalue weighted by atomic mass is 19.1. The summed E-state index contributed by atoms with van der Waals surface area (Å²) in [6.07, 6.45) is 0.